The third-order valence-corrected chi connectivity index (χ3v) is 2.81. The molecule has 0 aromatic carbocycles. The van der Waals surface area contributed by atoms with Gasteiger partial charge >= 0.3 is 0 Å². The molecule has 0 bridgehead atoms. The lowest BCUT2D eigenvalue weighted by atomic mass is 9.99. The quantitative estimate of drug-likeness (QED) is 0.593. The van der Waals surface area contributed by atoms with Crippen LogP contribution in [0.1, 0.15) is 25.7 Å². The molecule has 1 aliphatic carbocycles. The van der Waals surface area contributed by atoms with Crippen LogP contribution in [0.3, 0.4) is 0 Å². The Bertz CT molecular complexity index is 198. The van der Waals surface area contributed by atoms with Crippen molar-refractivity contribution >= 4 is 0 Å². The Morgan fingerprint density at radius 2 is 2.17 bits per heavy atom. The monoisotopic (exact) mass is 167 g/mol. The molecule has 1 saturated heterocycles. The molecule has 1 atom stereocenters. The minimum Gasteiger partial charge on any atom is -0.347 e. The van der Waals surface area contributed by atoms with Crippen molar-refractivity contribution in [2.24, 2.45) is 5.92 Å². The molecule has 12 heavy (non-hydrogen) atoms. The zero-order valence-corrected chi connectivity index (χ0v) is 7.08. The first-order valence-electron chi connectivity index (χ1n) is 4.52. The summed E-state index contributed by atoms with van der Waals surface area (Å²) in [5, 5.41) is 8.61. The Morgan fingerprint density at radius 1 is 1.42 bits per heavy atom. The second kappa shape index (κ2) is 3.04. The predicted molar refractivity (Wildman–Crippen MR) is 42.2 cm³/mol. The summed E-state index contributed by atoms with van der Waals surface area (Å²) in [7, 11) is 0. The van der Waals surface area contributed by atoms with Crippen molar-refractivity contribution in [3.05, 3.63) is 0 Å². The number of rotatable bonds is 1. The Balaban J connectivity index is 2.07. The Kier molecular flexibility index (Phi) is 2.03. The molecule has 1 saturated carbocycles. The molecule has 0 amide bonds. The summed E-state index contributed by atoms with van der Waals surface area (Å²) in [6.07, 6.45) is 3.75. The van der Waals surface area contributed by atoms with Gasteiger partial charge in [-0.15, -0.1) is 0 Å². The Hall–Kier alpha value is -0.590. The second-order valence-electron chi connectivity index (χ2n) is 3.46. The summed E-state index contributed by atoms with van der Waals surface area (Å²) in [5.74, 6) is -0.0552. The molecule has 0 aromatic heterocycles. The molecule has 3 nitrogen and oxygen atoms in total. The van der Waals surface area contributed by atoms with Crippen molar-refractivity contribution in [2.75, 3.05) is 13.2 Å². The van der Waals surface area contributed by atoms with E-state index in [4.69, 9.17) is 14.7 Å². The zero-order chi connectivity index (χ0) is 8.44. The van der Waals surface area contributed by atoms with Crippen LogP contribution in [-0.4, -0.2) is 19.0 Å². The molecule has 0 N–H and O–H groups in total. The van der Waals surface area contributed by atoms with Crippen LogP contribution in [0.15, 0.2) is 0 Å². The molecule has 1 spiro atoms. The fourth-order valence-electron chi connectivity index (χ4n) is 2.24. The predicted octanol–water partition coefficient (Wildman–Crippen LogP) is 1.44. The highest BCUT2D eigenvalue weighted by molar-refractivity contribution is 4.93. The Labute approximate surface area is 72.3 Å². The normalized spacial score (nSPS) is 32.4. The fourth-order valence-corrected chi connectivity index (χ4v) is 2.24. The van der Waals surface area contributed by atoms with E-state index in [0.717, 1.165) is 19.3 Å². The van der Waals surface area contributed by atoms with Gasteiger partial charge in [-0.2, -0.15) is 5.26 Å². The van der Waals surface area contributed by atoms with Crippen LogP contribution in [0.25, 0.3) is 0 Å². The highest BCUT2D eigenvalue weighted by Gasteiger charge is 2.47. The van der Waals surface area contributed by atoms with E-state index in [-0.39, 0.29) is 5.79 Å². The average Bonchev–Trinajstić information content (AvgIpc) is 2.66. The second-order valence-corrected chi connectivity index (χ2v) is 3.46. The molecule has 2 fully saturated rings. The average molecular weight is 167 g/mol. The van der Waals surface area contributed by atoms with E-state index in [1.807, 2.05) is 0 Å². The largest absolute Gasteiger partial charge is 0.347 e. The van der Waals surface area contributed by atoms with Crippen molar-refractivity contribution in [1.29, 1.82) is 5.26 Å². The van der Waals surface area contributed by atoms with Gasteiger partial charge in [-0.05, 0) is 12.8 Å². The zero-order valence-electron chi connectivity index (χ0n) is 7.08. The standard InChI is InChI=1S/C9H13NO2/c10-5-3-8-2-1-4-9(8)11-6-7-12-9/h8H,1-4,6-7H2. The summed E-state index contributed by atoms with van der Waals surface area (Å²) in [6, 6.07) is 2.20. The summed E-state index contributed by atoms with van der Waals surface area (Å²) >= 11 is 0. The lowest BCUT2D eigenvalue weighted by Crippen LogP contribution is -2.34. The SMILES string of the molecule is N#CCC1CCCC12OCCO2. The number of nitrogens with zero attached hydrogens (tertiary/aromatic N) is 1. The maximum Gasteiger partial charge on any atom is 0.172 e. The number of hydrogen-bond donors (Lipinski definition) is 0. The maximum atomic E-state index is 8.61. The van der Waals surface area contributed by atoms with Crippen LogP contribution in [0.2, 0.25) is 0 Å². The van der Waals surface area contributed by atoms with Gasteiger partial charge < -0.3 is 9.47 Å². The van der Waals surface area contributed by atoms with Crippen molar-refractivity contribution in [3.63, 3.8) is 0 Å². The van der Waals surface area contributed by atoms with Gasteiger partial charge in [0.2, 0.25) is 0 Å². The van der Waals surface area contributed by atoms with Gasteiger partial charge in [0.05, 0.1) is 19.3 Å². The molecule has 2 rings (SSSR count). The van der Waals surface area contributed by atoms with Crippen molar-refractivity contribution in [2.45, 2.75) is 31.5 Å². The van der Waals surface area contributed by atoms with Crippen LogP contribution in [0, 0.1) is 17.2 Å². The van der Waals surface area contributed by atoms with Crippen LogP contribution in [0.5, 0.6) is 0 Å². The van der Waals surface area contributed by atoms with Crippen molar-refractivity contribution in [1.82, 2.24) is 0 Å². The number of hydrogen-bond acceptors (Lipinski definition) is 3. The summed E-state index contributed by atoms with van der Waals surface area (Å²) in [5.41, 5.74) is 0. The molecule has 1 unspecified atom stereocenters. The third kappa shape index (κ3) is 1.12. The minimum atomic E-state index is -0.365. The molecule has 0 aromatic rings. The maximum absolute atomic E-state index is 8.61. The van der Waals surface area contributed by atoms with E-state index in [9.17, 15) is 0 Å². The third-order valence-electron chi connectivity index (χ3n) is 2.81. The van der Waals surface area contributed by atoms with E-state index in [0.29, 0.717) is 25.6 Å². The molecule has 3 heteroatoms. The van der Waals surface area contributed by atoms with E-state index >= 15 is 0 Å². The van der Waals surface area contributed by atoms with Gasteiger partial charge in [0.15, 0.2) is 5.79 Å². The van der Waals surface area contributed by atoms with E-state index in [1.165, 1.54) is 0 Å². The fraction of sp³-hybridized carbons (Fsp3) is 0.889. The first-order chi connectivity index (χ1) is 5.87. The van der Waals surface area contributed by atoms with Gasteiger partial charge in [-0.3, -0.25) is 0 Å². The van der Waals surface area contributed by atoms with Crippen LogP contribution in [-0.2, 0) is 9.47 Å². The molecule has 66 valence electrons. The number of nitriles is 1. The van der Waals surface area contributed by atoms with Gasteiger partial charge in [-0.25, -0.2) is 0 Å². The van der Waals surface area contributed by atoms with Crippen LogP contribution < -0.4 is 0 Å². The lowest BCUT2D eigenvalue weighted by Gasteiger charge is -2.27. The topological polar surface area (TPSA) is 42.2 Å². The van der Waals surface area contributed by atoms with Gasteiger partial charge in [0, 0.05) is 18.8 Å². The molecular formula is C9H13NO2. The van der Waals surface area contributed by atoms with E-state index < -0.39 is 0 Å². The molecule has 1 heterocycles. The highest BCUT2D eigenvalue weighted by Crippen LogP contribution is 2.43. The van der Waals surface area contributed by atoms with E-state index in [1.54, 1.807) is 0 Å². The van der Waals surface area contributed by atoms with Crippen molar-refractivity contribution < 1.29 is 9.47 Å². The minimum absolute atomic E-state index is 0.310. The summed E-state index contributed by atoms with van der Waals surface area (Å²) < 4.78 is 11.2. The lowest BCUT2D eigenvalue weighted by molar-refractivity contribution is -0.180. The van der Waals surface area contributed by atoms with Crippen LogP contribution in [0.4, 0.5) is 0 Å². The van der Waals surface area contributed by atoms with Gasteiger partial charge in [0.25, 0.3) is 0 Å². The first-order valence-corrected chi connectivity index (χ1v) is 4.52. The molecule has 2 aliphatic rings. The van der Waals surface area contributed by atoms with Gasteiger partial charge in [-0.1, -0.05) is 0 Å². The van der Waals surface area contributed by atoms with Crippen molar-refractivity contribution in [3.8, 4) is 6.07 Å². The number of ether oxygens (including phenoxy) is 2. The molecule has 0 radical (unpaired) electrons. The summed E-state index contributed by atoms with van der Waals surface area (Å²) in [6.45, 7) is 1.39. The summed E-state index contributed by atoms with van der Waals surface area (Å²) in [4.78, 5) is 0. The highest BCUT2D eigenvalue weighted by atomic mass is 16.7. The van der Waals surface area contributed by atoms with Gasteiger partial charge in [0.1, 0.15) is 0 Å². The molecular weight excluding hydrogens is 154 g/mol. The van der Waals surface area contributed by atoms with Crippen LogP contribution >= 0.6 is 0 Å². The van der Waals surface area contributed by atoms with E-state index in [2.05, 4.69) is 6.07 Å². The molecule has 1 aliphatic heterocycles. The first kappa shape index (κ1) is 8.03. The Morgan fingerprint density at radius 3 is 2.83 bits per heavy atom. The smallest absolute Gasteiger partial charge is 0.172 e.